The van der Waals surface area contributed by atoms with Gasteiger partial charge in [-0.2, -0.15) is 0 Å². The van der Waals surface area contributed by atoms with E-state index >= 15 is 0 Å². The normalized spacial score (nSPS) is 13.7. The maximum absolute atomic E-state index is 6.62. The highest BCUT2D eigenvalue weighted by atomic mass is 35.5. The Hall–Kier alpha value is -3.22. The van der Waals surface area contributed by atoms with Gasteiger partial charge in [-0.05, 0) is 42.7 Å². The average molecular weight is 456 g/mol. The number of hydrogen-bond donors (Lipinski definition) is 0. The molecule has 1 aliphatic heterocycles. The molecular weight excluding hydrogens is 426 g/mol. The second-order valence-corrected chi connectivity index (χ2v) is 8.94. The van der Waals surface area contributed by atoms with Crippen LogP contribution in [-0.4, -0.2) is 41.0 Å². The fraction of sp³-hybridized carbons (Fsp3) is 0.276. The number of hydrogen-bond acceptors (Lipinski definition) is 3. The minimum atomic E-state index is 0.678. The third-order valence-electron chi connectivity index (χ3n) is 6.35. The van der Waals surface area contributed by atoms with Crippen LogP contribution in [0.5, 0.6) is 0 Å². The molecule has 0 N–H and O–H groups in total. The van der Waals surface area contributed by atoms with Crippen molar-refractivity contribution in [3.63, 3.8) is 0 Å². The standard InChI is InChI=1S/C29H30ClN3/c1-5-7-9-21(3)32-14-16-33(17-15-32)22(4)24-12-13-26-27(30)20-28(31-29(26)19-24)25-11-8-10-23(6-2)18-25/h2,8,10-13,18-20H,3-5,7,9,14-17H2,1H3. The molecule has 0 spiro atoms. The van der Waals surface area contributed by atoms with E-state index in [1.165, 1.54) is 18.5 Å². The summed E-state index contributed by atoms with van der Waals surface area (Å²) in [5, 5.41) is 1.61. The first-order chi connectivity index (χ1) is 16.0. The molecule has 1 aromatic heterocycles. The maximum atomic E-state index is 6.62. The van der Waals surface area contributed by atoms with E-state index in [-0.39, 0.29) is 0 Å². The van der Waals surface area contributed by atoms with E-state index in [1.54, 1.807) is 0 Å². The molecule has 0 unspecified atom stereocenters. The first-order valence-corrected chi connectivity index (χ1v) is 11.9. The summed E-state index contributed by atoms with van der Waals surface area (Å²) in [5.41, 5.74) is 6.79. The van der Waals surface area contributed by atoms with Crippen molar-refractivity contribution in [2.75, 3.05) is 26.2 Å². The molecule has 2 heterocycles. The zero-order valence-electron chi connectivity index (χ0n) is 19.3. The SMILES string of the molecule is C#Cc1cccc(-c2cc(Cl)c3ccc(C(=C)N4CCN(C(=C)CCCC)CC4)cc3n2)c1. The molecule has 3 aromatic rings. The van der Waals surface area contributed by atoms with Crippen molar-refractivity contribution in [1.82, 2.24) is 14.8 Å². The highest BCUT2D eigenvalue weighted by Gasteiger charge is 2.20. The lowest BCUT2D eigenvalue weighted by Crippen LogP contribution is -2.44. The van der Waals surface area contributed by atoms with Crippen molar-refractivity contribution >= 4 is 28.2 Å². The topological polar surface area (TPSA) is 19.4 Å². The Labute approximate surface area is 202 Å². The van der Waals surface area contributed by atoms with Crippen LogP contribution < -0.4 is 0 Å². The van der Waals surface area contributed by atoms with Crippen LogP contribution in [0.4, 0.5) is 0 Å². The van der Waals surface area contributed by atoms with Gasteiger partial charge in [-0.25, -0.2) is 4.98 Å². The number of benzene rings is 2. The Morgan fingerprint density at radius 3 is 2.55 bits per heavy atom. The summed E-state index contributed by atoms with van der Waals surface area (Å²) in [5.74, 6) is 2.68. The van der Waals surface area contributed by atoms with E-state index in [1.807, 2.05) is 36.4 Å². The molecular formula is C29H30ClN3. The summed E-state index contributed by atoms with van der Waals surface area (Å²) >= 11 is 6.62. The molecule has 4 rings (SSSR count). The lowest BCUT2D eigenvalue weighted by Gasteiger charge is -2.39. The van der Waals surface area contributed by atoms with Gasteiger partial charge in [0.25, 0.3) is 0 Å². The molecule has 1 saturated heterocycles. The largest absolute Gasteiger partial charge is 0.372 e. The number of allylic oxidation sites excluding steroid dienone is 1. The molecule has 0 bridgehead atoms. The summed E-state index contributed by atoms with van der Waals surface area (Å²) in [6.07, 6.45) is 9.06. The molecule has 2 aromatic carbocycles. The first-order valence-electron chi connectivity index (χ1n) is 11.5. The molecule has 4 heteroatoms. The zero-order chi connectivity index (χ0) is 23.4. The summed E-state index contributed by atoms with van der Waals surface area (Å²) in [6, 6.07) is 15.9. The molecule has 0 atom stereocenters. The van der Waals surface area contributed by atoms with Crippen molar-refractivity contribution in [3.05, 3.63) is 83.5 Å². The number of terminal acetylenes is 1. The fourth-order valence-electron chi connectivity index (χ4n) is 4.30. The Kier molecular flexibility index (Phi) is 7.06. The van der Waals surface area contributed by atoms with Crippen molar-refractivity contribution in [2.45, 2.75) is 26.2 Å². The predicted molar refractivity (Wildman–Crippen MR) is 141 cm³/mol. The van der Waals surface area contributed by atoms with Crippen LogP contribution >= 0.6 is 11.6 Å². The highest BCUT2D eigenvalue weighted by Crippen LogP contribution is 2.31. The Morgan fingerprint density at radius 2 is 1.82 bits per heavy atom. The number of nitrogens with zero attached hydrogens (tertiary/aromatic N) is 3. The number of halogens is 1. The van der Waals surface area contributed by atoms with E-state index in [0.717, 1.165) is 71.6 Å². The summed E-state index contributed by atoms with van der Waals surface area (Å²) in [6.45, 7) is 14.7. The van der Waals surface area contributed by atoms with Crippen molar-refractivity contribution in [3.8, 4) is 23.6 Å². The van der Waals surface area contributed by atoms with Crippen LogP contribution in [0.2, 0.25) is 5.02 Å². The second kappa shape index (κ2) is 10.1. The number of unbranched alkanes of at least 4 members (excludes halogenated alkanes) is 1. The van der Waals surface area contributed by atoms with Crippen LogP contribution in [0.3, 0.4) is 0 Å². The van der Waals surface area contributed by atoms with Crippen LogP contribution in [-0.2, 0) is 0 Å². The maximum Gasteiger partial charge on any atom is 0.0731 e. The molecule has 1 fully saturated rings. The van der Waals surface area contributed by atoms with Gasteiger partial charge in [-0.3, -0.25) is 0 Å². The zero-order valence-corrected chi connectivity index (χ0v) is 20.0. The molecule has 0 radical (unpaired) electrons. The quantitative estimate of drug-likeness (QED) is 0.364. The van der Waals surface area contributed by atoms with Gasteiger partial charge in [-0.1, -0.05) is 68.3 Å². The van der Waals surface area contributed by atoms with Gasteiger partial charge < -0.3 is 9.80 Å². The van der Waals surface area contributed by atoms with Crippen molar-refractivity contribution in [2.24, 2.45) is 0 Å². The smallest absolute Gasteiger partial charge is 0.0731 e. The lowest BCUT2D eigenvalue weighted by atomic mass is 10.0. The Bertz CT molecular complexity index is 1230. The molecule has 0 amide bonds. The minimum Gasteiger partial charge on any atom is -0.372 e. The number of fused-ring (bicyclic) bond motifs is 1. The van der Waals surface area contributed by atoms with Gasteiger partial charge in [0.1, 0.15) is 0 Å². The molecule has 0 saturated carbocycles. The van der Waals surface area contributed by atoms with Gasteiger partial charge in [0, 0.05) is 54.1 Å². The molecule has 1 aliphatic rings. The summed E-state index contributed by atoms with van der Waals surface area (Å²) in [4.78, 5) is 9.67. The summed E-state index contributed by atoms with van der Waals surface area (Å²) < 4.78 is 0. The average Bonchev–Trinajstić information content (AvgIpc) is 2.86. The monoisotopic (exact) mass is 455 g/mol. The first kappa shape index (κ1) is 23.0. The summed E-state index contributed by atoms with van der Waals surface area (Å²) in [7, 11) is 0. The van der Waals surface area contributed by atoms with Crippen molar-refractivity contribution < 1.29 is 0 Å². The second-order valence-electron chi connectivity index (χ2n) is 8.54. The van der Waals surface area contributed by atoms with Crippen LogP contribution in [0, 0.1) is 12.3 Å². The fourth-order valence-corrected chi connectivity index (χ4v) is 4.56. The molecule has 33 heavy (non-hydrogen) atoms. The lowest BCUT2D eigenvalue weighted by molar-refractivity contribution is 0.209. The van der Waals surface area contributed by atoms with Gasteiger partial charge in [-0.15, -0.1) is 6.42 Å². The number of aromatic nitrogens is 1. The number of piperazine rings is 1. The third kappa shape index (κ3) is 5.07. The van der Waals surface area contributed by atoms with Crippen LogP contribution in [0.1, 0.15) is 37.3 Å². The van der Waals surface area contributed by atoms with Gasteiger partial charge in [0.15, 0.2) is 0 Å². The van der Waals surface area contributed by atoms with Crippen LogP contribution in [0.25, 0.3) is 27.9 Å². The van der Waals surface area contributed by atoms with Gasteiger partial charge in [0.05, 0.1) is 16.2 Å². The predicted octanol–water partition coefficient (Wildman–Crippen LogP) is 6.83. The minimum absolute atomic E-state index is 0.678. The number of rotatable bonds is 7. The Morgan fingerprint density at radius 1 is 1.06 bits per heavy atom. The number of pyridine rings is 1. The van der Waals surface area contributed by atoms with Crippen molar-refractivity contribution in [1.29, 1.82) is 0 Å². The molecule has 0 aliphatic carbocycles. The van der Waals surface area contributed by atoms with E-state index in [2.05, 4.69) is 47.9 Å². The van der Waals surface area contributed by atoms with E-state index < -0.39 is 0 Å². The van der Waals surface area contributed by atoms with Crippen LogP contribution in [0.15, 0.2) is 67.4 Å². The Balaban J connectivity index is 1.54. The molecule has 3 nitrogen and oxygen atoms in total. The van der Waals surface area contributed by atoms with Gasteiger partial charge in [0.2, 0.25) is 0 Å². The van der Waals surface area contributed by atoms with E-state index in [4.69, 9.17) is 23.0 Å². The molecule has 168 valence electrons. The van der Waals surface area contributed by atoms with Gasteiger partial charge >= 0.3 is 0 Å². The van der Waals surface area contributed by atoms with E-state index in [0.29, 0.717) is 5.02 Å². The van der Waals surface area contributed by atoms with E-state index in [9.17, 15) is 0 Å². The highest BCUT2D eigenvalue weighted by molar-refractivity contribution is 6.35. The third-order valence-corrected chi connectivity index (χ3v) is 6.66.